The molecular weight excluding hydrogens is 1100 g/mol. The molecule has 19 heteroatoms. The van der Waals surface area contributed by atoms with Crippen LogP contribution in [-0.4, -0.2) is 96.7 Å². The molecular formula is C64H124O17P2. The summed E-state index contributed by atoms with van der Waals surface area (Å²) in [5, 5.41) is 10.5. The maximum absolute atomic E-state index is 13.0. The minimum atomic E-state index is -4.94. The van der Waals surface area contributed by atoms with Gasteiger partial charge in [-0.05, 0) is 25.7 Å². The van der Waals surface area contributed by atoms with Gasteiger partial charge in [-0.15, -0.1) is 0 Å². The molecule has 0 aliphatic carbocycles. The lowest BCUT2D eigenvalue weighted by molar-refractivity contribution is -0.161. The average Bonchev–Trinajstić information content (AvgIpc) is 3.49. The zero-order valence-electron chi connectivity index (χ0n) is 53.2. The third kappa shape index (κ3) is 58.8. The maximum Gasteiger partial charge on any atom is 0.472 e. The standard InChI is InChI=1S/C64H124O17P2/c1-5-9-13-17-20-23-25-26-27-28-29-30-31-32-34-36-39-43-47-51-64(69)81-60(55-75-62(67)49-45-41-38-35-33-24-21-18-14-10-6-2)57-79-83(72,73)77-53-58(65)52-76-82(70,71)78-56-59(54-74-61(66)48-44-40-16-12-8-4)80-63(68)50-46-42-37-22-19-15-11-7-3/h58-60,65H,5-57H2,1-4H3,(H,70,71)(H,72,73)/t58-,59+,60+/m0/s1. The van der Waals surface area contributed by atoms with Crippen molar-refractivity contribution in [3.05, 3.63) is 0 Å². The summed E-state index contributed by atoms with van der Waals surface area (Å²) in [6, 6.07) is 0. The van der Waals surface area contributed by atoms with Crippen molar-refractivity contribution >= 4 is 39.5 Å². The topological polar surface area (TPSA) is 237 Å². The van der Waals surface area contributed by atoms with Crippen molar-refractivity contribution in [2.75, 3.05) is 39.6 Å². The SMILES string of the molecule is CCCCCCCCCCCCCCCCCCCCCC(=O)O[C@H](COC(=O)CCCCCCCCCCCCC)COP(=O)(O)OC[C@@H](O)COP(=O)(O)OC[C@@H](COC(=O)CCCCCCC)OC(=O)CCCCCCCCCC. The van der Waals surface area contributed by atoms with Crippen molar-refractivity contribution in [2.24, 2.45) is 0 Å². The Hall–Kier alpha value is -1.94. The summed E-state index contributed by atoms with van der Waals surface area (Å²) in [7, 11) is -9.87. The minimum absolute atomic E-state index is 0.104. The van der Waals surface area contributed by atoms with Crippen LogP contribution in [0, 0.1) is 0 Å². The molecule has 0 saturated heterocycles. The van der Waals surface area contributed by atoms with E-state index < -0.39 is 97.5 Å². The van der Waals surface area contributed by atoms with Crippen LogP contribution in [-0.2, 0) is 65.4 Å². The van der Waals surface area contributed by atoms with E-state index in [0.29, 0.717) is 25.7 Å². The van der Waals surface area contributed by atoms with E-state index in [-0.39, 0.29) is 25.7 Å². The highest BCUT2D eigenvalue weighted by atomic mass is 31.2. The lowest BCUT2D eigenvalue weighted by Crippen LogP contribution is -2.30. The highest BCUT2D eigenvalue weighted by Gasteiger charge is 2.30. The number of carbonyl (C=O) groups excluding carboxylic acids is 4. The molecule has 5 atom stereocenters. The molecule has 0 heterocycles. The Labute approximate surface area is 505 Å². The Morgan fingerprint density at radius 1 is 0.289 bits per heavy atom. The first-order valence-electron chi connectivity index (χ1n) is 33.8. The van der Waals surface area contributed by atoms with Gasteiger partial charge in [0.05, 0.1) is 26.4 Å². The molecule has 2 unspecified atom stereocenters. The largest absolute Gasteiger partial charge is 0.472 e. The van der Waals surface area contributed by atoms with Crippen LogP contribution in [0.2, 0.25) is 0 Å². The molecule has 3 N–H and O–H groups in total. The molecule has 0 saturated carbocycles. The molecule has 0 aromatic carbocycles. The van der Waals surface area contributed by atoms with Crippen LogP contribution in [0.1, 0.15) is 329 Å². The van der Waals surface area contributed by atoms with E-state index in [1.807, 2.05) is 0 Å². The number of ether oxygens (including phenoxy) is 4. The molecule has 83 heavy (non-hydrogen) atoms. The third-order valence-electron chi connectivity index (χ3n) is 14.9. The Morgan fingerprint density at radius 3 is 0.711 bits per heavy atom. The van der Waals surface area contributed by atoms with Gasteiger partial charge in [0, 0.05) is 25.7 Å². The molecule has 0 fully saturated rings. The second-order valence-electron chi connectivity index (χ2n) is 23.2. The number of aliphatic hydroxyl groups excluding tert-OH is 1. The molecule has 0 aromatic heterocycles. The average molecular weight is 1230 g/mol. The van der Waals surface area contributed by atoms with Gasteiger partial charge >= 0.3 is 39.5 Å². The highest BCUT2D eigenvalue weighted by molar-refractivity contribution is 7.47. The lowest BCUT2D eigenvalue weighted by Gasteiger charge is -2.21. The summed E-state index contributed by atoms with van der Waals surface area (Å²) in [4.78, 5) is 71.8. The molecule has 0 rings (SSSR count). The molecule has 0 aliphatic heterocycles. The first-order valence-corrected chi connectivity index (χ1v) is 36.8. The van der Waals surface area contributed by atoms with Gasteiger partial charge in [-0.2, -0.15) is 0 Å². The van der Waals surface area contributed by atoms with Gasteiger partial charge < -0.3 is 33.8 Å². The predicted octanol–water partition coefficient (Wildman–Crippen LogP) is 17.9. The van der Waals surface area contributed by atoms with Gasteiger partial charge in [-0.3, -0.25) is 37.3 Å². The van der Waals surface area contributed by atoms with E-state index in [1.54, 1.807) is 0 Å². The molecule has 0 spiro atoms. The zero-order valence-corrected chi connectivity index (χ0v) is 54.9. The summed E-state index contributed by atoms with van der Waals surface area (Å²) in [6.45, 7) is 4.78. The van der Waals surface area contributed by atoms with E-state index in [1.165, 1.54) is 148 Å². The smallest absolute Gasteiger partial charge is 0.462 e. The van der Waals surface area contributed by atoms with E-state index in [9.17, 15) is 43.2 Å². The van der Waals surface area contributed by atoms with Crippen LogP contribution in [0.3, 0.4) is 0 Å². The predicted molar refractivity (Wildman–Crippen MR) is 331 cm³/mol. The Kier molecular flexibility index (Phi) is 57.7. The van der Waals surface area contributed by atoms with Gasteiger partial charge in [0.1, 0.15) is 19.3 Å². The van der Waals surface area contributed by atoms with E-state index in [4.69, 9.17) is 37.0 Å². The first-order chi connectivity index (χ1) is 40.2. The summed E-state index contributed by atoms with van der Waals surface area (Å²) in [5.74, 6) is -2.15. The molecule has 17 nitrogen and oxygen atoms in total. The number of hydrogen-bond acceptors (Lipinski definition) is 15. The summed E-state index contributed by atoms with van der Waals surface area (Å²) >= 11 is 0. The molecule has 0 bridgehead atoms. The van der Waals surface area contributed by atoms with E-state index in [2.05, 4.69) is 27.7 Å². The lowest BCUT2D eigenvalue weighted by atomic mass is 10.0. The number of rotatable bonds is 65. The van der Waals surface area contributed by atoms with Crippen molar-refractivity contribution in [1.29, 1.82) is 0 Å². The van der Waals surface area contributed by atoms with Gasteiger partial charge in [0.2, 0.25) is 0 Å². The van der Waals surface area contributed by atoms with Crippen LogP contribution < -0.4 is 0 Å². The first kappa shape index (κ1) is 81.1. The zero-order chi connectivity index (χ0) is 61.2. The number of phosphoric acid groups is 2. The van der Waals surface area contributed by atoms with Gasteiger partial charge in [-0.25, -0.2) is 9.13 Å². The van der Waals surface area contributed by atoms with Crippen LogP contribution in [0.15, 0.2) is 0 Å². The van der Waals surface area contributed by atoms with Crippen LogP contribution in [0.5, 0.6) is 0 Å². The maximum atomic E-state index is 13.0. The molecule has 0 amide bonds. The van der Waals surface area contributed by atoms with Crippen molar-refractivity contribution in [3.8, 4) is 0 Å². The minimum Gasteiger partial charge on any atom is -0.462 e. The van der Waals surface area contributed by atoms with Crippen molar-refractivity contribution < 1.29 is 80.2 Å². The Morgan fingerprint density at radius 2 is 0.482 bits per heavy atom. The number of unbranched alkanes of at least 4 members (excludes halogenated alkanes) is 39. The van der Waals surface area contributed by atoms with E-state index >= 15 is 0 Å². The second kappa shape index (κ2) is 59.0. The second-order valence-corrected chi connectivity index (χ2v) is 26.1. The monoisotopic (exact) mass is 1230 g/mol. The van der Waals surface area contributed by atoms with Crippen LogP contribution >= 0.6 is 15.6 Å². The highest BCUT2D eigenvalue weighted by Crippen LogP contribution is 2.45. The van der Waals surface area contributed by atoms with Crippen LogP contribution in [0.4, 0.5) is 0 Å². The van der Waals surface area contributed by atoms with E-state index in [0.717, 1.165) is 103 Å². The molecule has 492 valence electrons. The fourth-order valence-corrected chi connectivity index (χ4v) is 11.2. The number of esters is 4. The Balaban J connectivity index is 5.10. The Bertz CT molecular complexity index is 1600. The molecule has 0 aliphatic rings. The number of carbonyl (C=O) groups is 4. The van der Waals surface area contributed by atoms with Gasteiger partial charge in [-0.1, -0.05) is 278 Å². The number of aliphatic hydroxyl groups is 1. The molecule has 0 radical (unpaired) electrons. The summed E-state index contributed by atoms with van der Waals surface area (Å²) in [6.07, 6.45) is 45.0. The van der Waals surface area contributed by atoms with Gasteiger partial charge in [0.25, 0.3) is 0 Å². The van der Waals surface area contributed by atoms with Crippen LogP contribution in [0.25, 0.3) is 0 Å². The van der Waals surface area contributed by atoms with Gasteiger partial charge in [0.15, 0.2) is 12.2 Å². The third-order valence-corrected chi connectivity index (χ3v) is 16.8. The van der Waals surface area contributed by atoms with Crippen molar-refractivity contribution in [1.82, 2.24) is 0 Å². The number of phosphoric ester groups is 2. The number of hydrogen-bond donors (Lipinski definition) is 3. The fraction of sp³-hybridized carbons (Fsp3) is 0.938. The summed E-state index contributed by atoms with van der Waals surface area (Å²) < 4.78 is 67.7. The summed E-state index contributed by atoms with van der Waals surface area (Å²) in [5.41, 5.74) is 0. The normalized spacial score (nSPS) is 14.2. The quantitative estimate of drug-likeness (QED) is 0.0222. The van der Waals surface area contributed by atoms with Crippen molar-refractivity contribution in [3.63, 3.8) is 0 Å². The van der Waals surface area contributed by atoms with Crippen molar-refractivity contribution in [2.45, 2.75) is 348 Å². The fourth-order valence-electron chi connectivity index (χ4n) is 9.63. The molecule has 0 aromatic rings.